The smallest absolute Gasteiger partial charge is 0.264 e. The van der Waals surface area contributed by atoms with E-state index in [1.807, 2.05) is 55.5 Å². The maximum absolute atomic E-state index is 14.3. The molecule has 0 bridgehead atoms. The van der Waals surface area contributed by atoms with E-state index in [2.05, 4.69) is 31.0 Å². The second kappa shape index (κ2) is 9.23. The molecule has 0 aliphatic rings. The topological polar surface area (TPSA) is 55.3 Å². The first-order valence-corrected chi connectivity index (χ1v) is 12.1. The number of amides is 1. The Morgan fingerprint density at radius 3 is 2.71 bits per heavy atom. The summed E-state index contributed by atoms with van der Waals surface area (Å²) in [6, 6.07) is 19.9. The number of aryl methyl sites for hydroxylation is 2. The zero-order valence-electron chi connectivity index (χ0n) is 19.4. The molecule has 5 rings (SSSR count). The number of pyridine rings is 1. The van der Waals surface area contributed by atoms with Crippen molar-refractivity contribution >= 4 is 43.4 Å². The Balaban J connectivity index is 1.69. The van der Waals surface area contributed by atoms with Gasteiger partial charge < -0.3 is 4.74 Å². The number of rotatable bonds is 6. The molecule has 0 fully saturated rings. The molecular formula is C28H25N3O2S. The van der Waals surface area contributed by atoms with Crippen LogP contribution in [0.25, 0.3) is 21.0 Å². The third-order valence-corrected chi connectivity index (χ3v) is 6.98. The molecule has 34 heavy (non-hydrogen) atoms. The third kappa shape index (κ3) is 4.13. The molecule has 6 heteroatoms. The van der Waals surface area contributed by atoms with Gasteiger partial charge in [0.2, 0.25) is 0 Å². The van der Waals surface area contributed by atoms with E-state index in [-0.39, 0.29) is 5.91 Å². The molecule has 0 radical (unpaired) electrons. The van der Waals surface area contributed by atoms with Crippen LogP contribution in [0.2, 0.25) is 0 Å². The van der Waals surface area contributed by atoms with E-state index in [9.17, 15) is 4.79 Å². The molecule has 0 atom stereocenters. The molecule has 2 aromatic heterocycles. The van der Waals surface area contributed by atoms with Crippen LogP contribution in [0.1, 0.15) is 34.0 Å². The summed E-state index contributed by atoms with van der Waals surface area (Å²) in [5, 5.41) is 2.52. The summed E-state index contributed by atoms with van der Waals surface area (Å²) in [5.41, 5.74) is 4.70. The van der Waals surface area contributed by atoms with Crippen molar-refractivity contribution in [3.63, 3.8) is 0 Å². The van der Waals surface area contributed by atoms with Gasteiger partial charge in [-0.05, 0) is 66.4 Å². The first-order chi connectivity index (χ1) is 16.5. The van der Waals surface area contributed by atoms with Crippen molar-refractivity contribution in [1.29, 1.82) is 0 Å². The van der Waals surface area contributed by atoms with E-state index >= 15 is 0 Å². The van der Waals surface area contributed by atoms with E-state index in [1.165, 1.54) is 0 Å². The normalized spacial score (nSPS) is 11.1. The van der Waals surface area contributed by atoms with Crippen LogP contribution in [-0.4, -0.2) is 22.5 Å². The average molecular weight is 468 g/mol. The van der Waals surface area contributed by atoms with E-state index in [0.29, 0.717) is 29.6 Å². The number of anilines is 1. The van der Waals surface area contributed by atoms with Crippen LogP contribution >= 0.6 is 11.3 Å². The highest BCUT2D eigenvalue weighted by Crippen LogP contribution is 2.36. The summed E-state index contributed by atoms with van der Waals surface area (Å²) in [5.74, 6) is 0.438. The van der Waals surface area contributed by atoms with Gasteiger partial charge in [-0.25, -0.2) is 4.98 Å². The van der Waals surface area contributed by atoms with Crippen molar-refractivity contribution in [3.05, 3.63) is 95.3 Å². The van der Waals surface area contributed by atoms with Crippen LogP contribution in [0.5, 0.6) is 5.75 Å². The Kier molecular flexibility index (Phi) is 5.99. The number of thiazole rings is 1. The highest BCUT2D eigenvalue weighted by molar-refractivity contribution is 7.22. The predicted molar refractivity (Wildman–Crippen MR) is 139 cm³/mol. The maximum Gasteiger partial charge on any atom is 0.264 e. The molecule has 170 valence electrons. The van der Waals surface area contributed by atoms with Crippen molar-refractivity contribution in [3.8, 4) is 5.75 Å². The first kappa shape index (κ1) is 22.0. The predicted octanol–water partition coefficient (Wildman–Crippen LogP) is 6.71. The molecule has 0 spiro atoms. The summed E-state index contributed by atoms with van der Waals surface area (Å²) < 4.78 is 7.01. The minimum absolute atomic E-state index is 0.141. The van der Waals surface area contributed by atoms with Crippen molar-refractivity contribution < 1.29 is 9.53 Å². The van der Waals surface area contributed by atoms with Crippen LogP contribution in [-0.2, 0) is 6.54 Å². The van der Waals surface area contributed by atoms with Gasteiger partial charge >= 0.3 is 0 Å². The molecular weight excluding hydrogens is 442 g/mol. The Bertz CT molecular complexity index is 1490. The number of ether oxygens (including phenoxy) is 1. The van der Waals surface area contributed by atoms with Crippen LogP contribution < -0.4 is 9.64 Å². The number of aromatic nitrogens is 2. The van der Waals surface area contributed by atoms with Crippen LogP contribution in [0.3, 0.4) is 0 Å². The molecule has 0 saturated heterocycles. The summed E-state index contributed by atoms with van der Waals surface area (Å²) >= 11 is 1.54. The minimum atomic E-state index is -0.141. The molecule has 2 heterocycles. The molecule has 5 aromatic rings. The molecule has 0 unspecified atom stereocenters. The van der Waals surface area contributed by atoms with Gasteiger partial charge in [0.05, 0.1) is 28.9 Å². The zero-order valence-corrected chi connectivity index (χ0v) is 20.2. The van der Waals surface area contributed by atoms with Gasteiger partial charge in [0.25, 0.3) is 5.91 Å². The maximum atomic E-state index is 14.3. The molecule has 1 amide bonds. The SMILES string of the molecule is CCOc1ccc2ccccc2c1C(=O)N(Cc1cccnc1)c1nc2cc(C)cc(C)c2s1. The Morgan fingerprint density at radius 1 is 1.06 bits per heavy atom. The van der Waals surface area contributed by atoms with Crippen molar-refractivity contribution in [2.75, 3.05) is 11.5 Å². The summed E-state index contributed by atoms with van der Waals surface area (Å²) in [6.45, 7) is 6.91. The van der Waals surface area contributed by atoms with E-state index in [0.717, 1.165) is 37.7 Å². The van der Waals surface area contributed by atoms with Gasteiger partial charge in [-0.2, -0.15) is 0 Å². The fourth-order valence-corrected chi connectivity index (χ4v) is 5.28. The molecule has 5 nitrogen and oxygen atoms in total. The molecule has 3 aromatic carbocycles. The third-order valence-electron chi connectivity index (χ3n) is 5.75. The van der Waals surface area contributed by atoms with Crippen LogP contribution in [0, 0.1) is 13.8 Å². The van der Waals surface area contributed by atoms with E-state index in [1.54, 1.807) is 28.6 Å². The van der Waals surface area contributed by atoms with Gasteiger partial charge in [-0.15, -0.1) is 0 Å². The van der Waals surface area contributed by atoms with Crippen molar-refractivity contribution in [2.24, 2.45) is 0 Å². The van der Waals surface area contributed by atoms with Gasteiger partial charge in [-0.3, -0.25) is 14.7 Å². The lowest BCUT2D eigenvalue weighted by atomic mass is 10.0. The molecule has 0 saturated carbocycles. The largest absolute Gasteiger partial charge is 0.493 e. The molecule has 0 aliphatic heterocycles. The van der Waals surface area contributed by atoms with Gasteiger partial charge in [0.15, 0.2) is 5.13 Å². The number of hydrogen-bond acceptors (Lipinski definition) is 5. The second-order valence-electron chi connectivity index (χ2n) is 8.27. The summed E-state index contributed by atoms with van der Waals surface area (Å²) in [4.78, 5) is 25.2. The van der Waals surface area contributed by atoms with Crippen LogP contribution in [0.4, 0.5) is 5.13 Å². The lowest BCUT2D eigenvalue weighted by Crippen LogP contribution is -2.31. The van der Waals surface area contributed by atoms with Gasteiger partial charge in [0.1, 0.15) is 5.75 Å². The van der Waals surface area contributed by atoms with E-state index in [4.69, 9.17) is 9.72 Å². The van der Waals surface area contributed by atoms with Crippen LogP contribution in [0.15, 0.2) is 73.1 Å². The van der Waals surface area contributed by atoms with Crippen molar-refractivity contribution in [2.45, 2.75) is 27.3 Å². The number of hydrogen-bond donors (Lipinski definition) is 0. The fourth-order valence-electron chi connectivity index (χ4n) is 4.26. The fraction of sp³-hybridized carbons (Fsp3) is 0.179. The summed E-state index contributed by atoms with van der Waals surface area (Å²) in [6.07, 6.45) is 3.52. The minimum Gasteiger partial charge on any atom is -0.493 e. The standard InChI is InChI=1S/C28H25N3O2S/c1-4-33-24-12-11-21-9-5-6-10-22(21)25(24)27(32)31(17-20-8-7-13-29-16-20)28-30-23-15-18(2)14-19(3)26(23)34-28/h5-16H,4,17H2,1-3H3. The van der Waals surface area contributed by atoms with Gasteiger partial charge in [-0.1, -0.05) is 53.8 Å². The number of carbonyl (C=O) groups excluding carboxylic acids is 1. The number of carbonyl (C=O) groups is 1. The zero-order chi connectivity index (χ0) is 23.7. The monoisotopic (exact) mass is 467 g/mol. The highest BCUT2D eigenvalue weighted by atomic mass is 32.1. The Hall–Kier alpha value is -3.77. The highest BCUT2D eigenvalue weighted by Gasteiger charge is 2.27. The number of fused-ring (bicyclic) bond motifs is 2. The number of benzene rings is 3. The lowest BCUT2D eigenvalue weighted by molar-refractivity contribution is 0.0983. The quantitative estimate of drug-likeness (QED) is 0.279. The first-order valence-electron chi connectivity index (χ1n) is 11.3. The van der Waals surface area contributed by atoms with Gasteiger partial charge in [0, 0.05) is 12.4 Å². The van der Waals surface area contributed by atoms with E-state index < -0.39 is 0 Å². The summed E-state index contributed by atoms with van der Waals surface area (Å²) in [7, 11) is 0. The lowest BCUT2D eigenvalue weighted by Gasteiger charge is -2.22. The molecule has 0 aliphatic carbocycles. The Morgan fingerprint density at radius 2 is 1.91 bits per heavy atom. The van der Waals surface area contributed by atoms with Crippen molar-refractivity contribution in [1.82, 2.24) is 9.97 Å². The molecule has 0 N–H and O–H groups in total. The average Bonchev–Trinajstić information content (AvgIpc) is 3.27. The number of nitrogens with zero attached hydrogens (tertiary/aromatic N) is 3. The second-order valence-corrected chi connectivity index (χ2v) is 9.25. The Labute approximate surface area is 202 Å².